The van der Waals surface area contributed by atoms with Gasteiger partial charge in [-0.05, 0) is 23.6 Å². The number of rotatable bonds is 4. The molecule has 5 heteroatoms. The summed E-state index contributed by atoms with van der Waals surface area (Å²) in [4.78, 5) is 30.4. The predicted octanol–water partition coefficient (Wildman–Crippen LogP) is 2.80. The average molecular weight is 373 g/mol. The number of nitrogens with zero attached hydrogens (tertiary/aromatic N) is 1. The number of aromatic nitrogens is 1. The lowest BCUT2D eigenvalue weighted by atomic mass is 10.1. The summed E-state index contributed by atoms with van der Waals surface area (Å²) in [6, 6.07) is 18.3. The normalized spacial score (nSPS) is 21.3. The zero-order valence-electron chi connectivity index (χ0n) is 15.7. The monoisotopic (exact) mass is 373 g/mol. The van der Waals surface area contributed by atoms with Crippen molar-refractivity contribution in [3.05, 3.63) is 71.4 Å². The average Bonchev–Trinajstić information content (AvgIpc) is 3.35. The maximum atomic E-state index is 12.8. The van der Waals surface area contributed by atoms with Crippen LogP contribution in [0.5, 0.6) is 0 Å². The van der Waals surface area contributed by atoms with Crippen LogP contribution in [-0.4, -0.2) is 34.3 Å². The number of likely N-dealkylation sites (tertiary alicyclic amines) is 1. The zero-order chi connectivity index (χ0) is 19.1. The SMILES string of the molecule is O=C(NC1Cc2[nH]c3ccccc3c2C1)C1CC(=O)N(Cc2ccccc2)C1. The first-order valence-corrected chi connectivity index (χ1v) is 9.88. The van der Waals surface area contributed by atoms with Gasteiger partial charge in [0.15, 0.2) is 0 Å². The van der Waals surface area contributed by atoms with Crippen molar-refractivity contribution in [3.63, 3.8) is 0 Å². The third-order valence-electron chi connectivity index (χ3n) is 5.95. The first-order valence-electron chi connectivity index (χ1n) is 9.88. The van der Waals surface area contributed by atoms with Crippen LogP contribution in [0.4, 0.5) is 0 Å². The number of benzene rings is 2. The maximum absolute atomic E-state index is 12.8. The minimum absolute atomic E-state index is 0.00312. The quantitative estimate of drug-likeness (QED) is 0.739. The summed E-state index contributed by atoms with van der Waals surface area (Å²) in [6.07, 6.45) is 1.98. The second-order valence-electron chi connectivity index (χ2n) is 7.90. The van der Waals surface area contributed by atoms with Crippen LogP contribution in [0.3, 0.4) is 0 Å². The zero-order valence-corrected chi connectivity index (χ0v) is 15.7. The Balaban J connectivity index is 1.21. The number of hydrogen-bond acceptors (Lipinski definition) is 2. The predicted molar refractivity (Wildman–Crippen MR) is 108 cm³/mol. The summed E-state index contributed by atoms with van der Waals surface area (Å²) >= 11 is 0. The molecule has 1 fully saturated rings. The number of amides is 2. The van der Waals surface area contributed by atoms with E-state index < -0.39 is 0 Å². The van der Waals surface area contributed by atoms with Crippen LogP contribution in [-0.2, 0) is 29.0 Å². The second-order valence-corrected chi connectivity index (χ2v) is 7.90. The Bertz CT molecular complexity index is 1040. The van der Waals surface area contributed by atoms with Crippen LogP contribution in [0.2, 0.25) is 0 Å². The van der Waals surface area contributed by atoms with E-state index in [1.807, 2.05) is 42.5 Å². The number of carbonyl (C=O) groups excluding carboxylic acids is 2. The van der Waals surface area contributed by atoms with E-state index >= 15 is 0 Å². The number of para-hydroxylation sites is 1. The molecular weight excluding hydrogens is 350 g/mol. The second kappa shape index (κ2) is 6.82. The molecule has 1 aromatic heterocycles. The van der Waals surface area contributed by atoms with Crippen LogP contribution in [0.25, 0.3) is 10.9 Å². The number of hydrogen-bond donors (Lipinski definition) is 2. The molecule has 1 aliphatic heterocycles. The van der Waals surface area contributed by atoms with Gasteiger partial charge in [0.1, 0.15) is 0 Å². The molecule has 1 aliphatic carbocycles. The lowest BCUT2D eigenvalue weighted by molar-refractivity contribution is -0.129. The summed E-state index contributed by atoms with van der Waals surface area (Å²) in [5.74, 6) is -0.193. The van der Waals surface area contributed by atoms with Crippen molar-refractivity contribution in [1.29, 1.82) is 0 Å². The van der Waals surface area contributed by atoms with E-state index in [9.17, 15) is 9.59 Å². The molecule has 0 radical (unpaired) electrons. The van der Waals surface area contributed by atoms with Crippen molar-refractivity contribution >= 4 is 22.7 Å². The Morgan fingerprint density at radius 2 is 1.82 bits per heavy atom. The Hall–Kier alpha value is -3.08. The maximum Gasteiger partial charge on any atom is 0.225 e. The smallest absolute Gasteiger partial charge is 0.225 e. The van der Waals surface area contributed by atoms with Crippen molar-refractivity contribution in [2.75, 3.05) is 6.54 Å². The molecule has 2 heterocycles. The van der Waals surface area contributed by atoms with E-state index in [0.717, 1.165) is 23.9 Å². The van der Waals surface area contributed by atoms with Crippen LogP contribution in [0.1, 0.15) is 23.2 Å². The van der Waals surface area contributed by atoms with Crippen molar-refractivity contribution < 1.29 is 9.59 Å². The molecule has 28 heavy (non-hydrogen) atoms. The molecule has 0 saturated carbocycles. The highest BCUT2D eigenvalue weighted by atomic mass is 16.2. The van der Waals surface area contributed by atoms with Gasteiger partial charge in [-0.1, -0.05) is 48.5 Å². The molecule has 2 amide bonds. The molecule has 2 N–H and O–H groups in total. The third kappa shape index (κ3) is 3.07. The van der Waals surface area contributed by atoms with Gasteiger partial charge >= 0.3 is 0 Å². The van der Waals surface area contributed by atoms with Gasteiger partial charge in [0.05, 0.1) is 5.92 Å². The van der Waals surface area contributed by atoms with E-state index in [1.165, 1.54) is 16.6 Å². The van der Waals surface area contributed by atoms with Crippen molar-refractivity contribution in [2.24, 2.45) is 5.92 Å². The van der Waals surface area contributed by atoms with Gasteiger partial charge in [0.2, 0.25) is 11.8 Å². The number of nitrogens with one attached hydrogen (secondary N) is 2. The lowest BCUT2D eigenvalue weighted by Crippen LogP contribution is -2.40. The fourth-order valence-corrected chi connectivity index (χ4v) is 4.55. The van der Waals surface area contributed by atoms with Crippen LogP contribution >= 0.6 is 0 Å². The Morgan fingerprint density at radius 3 is 2.68 bits per heavy atom. The van der Waals surface area contributed by atoms with Crippen molar-refractivity contribution in [3.8, 4) is 0 Å². The van der Waals surface area contributed by atoms with Crippen LogP contribution < -0.4 is 5.32 Å². The molecular formula is C23H23N3O2. The van der Waals surface area contributed by atoms with Crippen LogP contribution in [0, 0.1) is 5.92 Å². The van der Waals surface area contributed by atoms with Gasteiger partial charge in [0, 0.05) is 48.6 Å². The summed E-state index contributed by atoms with van der Waals surface area (Å²) in [7, 11) is 0. The molecule has 2 atom stereocenters. The first kappa shape index (κ1) is 17.0. The molecule has 2 unspecified atom stereocenters. The molecule has 2 aromatic carbocycles. The minimum atomic E-state index is -0.258. The molecule has 0 spiro atoms. The Kier molecular flexibility index (Phi) is 4.15. The molecule has 0 bridgehead atoms. The van der Waals surface area contributed by atoms with Crippen molar-refractivity contribution in [2.45, 2.75) is 31.8 Å². The van der Waals surface area contributed by atoms with Gasteiger partial charge in [-0.3, -0.25) is 9.59 Å². The fourth-order valence-electron chi connectivity index (χ4n) is 4.55. The minimum Gasteiger partial charge on any atom is -0.358 e. The van der Waals surface area contributed by atoms with E-state index in [4.69, 9.17) is 0 Å². The fraction of sp³-hybridized carbons (Fsp3) is 0.304. The lowest BCUT2D eigenvalue weighted by Gasteiger charge is -2.18. The van der Waals surface area contributed by atoms with Gasteiger partial charge in [-0.25, -0.2) is 0 Å². The van der Waals surface area contributed by atoms with Gasteiger partial charge in [0.25, 0.3) is 0 Å². The van der Waals surface area contributed by atoms with Gasteiger partial charge in [-0.2, -0.15) is 0 Å². The highest BCUT2D eigenvalue weighted by Crippen LogP contribution is 2.30. The largest absolute Gasteiger partial charge is 0.358 e. The highest BCUT2D eigenvalue weighted by Gasteiger charge is 2.36. The summed E-state index contributed by atoms with van der Waals surface area (Å²) in [5, 5.41) is 4.44. The van der Waals surface area contributed by atoms with Crippen LogP contribution in [0.15, 0.2) is 54.6 Å². The van der Waals surface area contributed by atoms with E-state index in [0.29, 0.717) is 19.5 Å². The number of H-pyrrole nitrogens is 1. The molecule has 2 aliphatic rings. The van der Waals surface area contributed by atoms with E-state index in [-0.39, 0.29) is 23.8 Å². The van der Waals surface area contributed by atoms with Crippen molar-refractivity contribution in [1.82, 2.24) is 15.2 Å². The number of aromatic amines is 1. The topological polar surface area (TPSA) is 65.2 Å². The highest BCUT2D eigenvalue weighted by molar-refractivity contribution is 5.90. The molecule has 5 nitrogen and oxygen atoms in total. The summed E-state index contributed by atoms with van der Waals surface area (Å²) in [6.45, 7) is 1.07. The van der Waals surface area contributed by atoms with E-state index in [1.54, 1.807) is 4.90 Å². The third-order valence-corrected chi connectivity index (χ3v) is 5.95. The molecule has 142 valence electrons. The summed E-state index contributed by atoms with van der Waals surface area (Å²) in [5.41, 5.74) is 4.79. The standard InChI is InChI=1S/C23H23N3O2/c27-22-10-16(14-26(22)13-15-6-2-1-3-7-15)23(28)24-17-11-19-18-8-4-5-9-20(18)25-21(19)12-17/h1-9,16-17,25H,10-14H2,(H,24,28). The molecule has 5 rings (SSSR count). The Morgan fingerprint density at radius 1 is 1.04 bits per heavy atom. The number of fused-ring (bicyclic) bond motifs is 3. The van der Waals surface area contributed by atoms with Gasteiger partial charge < -0.3 is 15.2 Å². The summed E-state index contributed by atoms with van der Waals surface area (Å²) < 4.78 is 0. The molecule has 1 saturated heterocycles. The first-order chi connectivity index (χ1) is 13.7. The number of carbonyl (C=O) groups is 2. The van der Waals surface area contributed by atoms with E-state index in [2.05, 4.69) is 22.4 Å². The van der Waals surface area contributed by atoms with Gasteiger partial charge in [-0.15, -0.1) is 0 Å². The Labute approximate surface area is 163 Å². The molecule has 3 aromatic rings.